The Morgan fingerprint density at radius 2 is 1.78 bits per heavy atom. The molecular formula is C13H26N2O3. The van der Waals surface area contributed by atoms with Crippen molar-refractivity contribution in [1.29, 1.82) is 0 Å². The van der Waals surface area contributed by atoms with Crippen molar-refractivity contribution in [3.63, 3.8) is 0 Å². The van der Waals surface area contributed by atoms with Crippen LogP contribution in [0.2, 0.25) is 0 Å². The van der Waals surface area contributed by atoms with Crippen LogP contribution >= 0.6 is 0 Å². The molecular weight excluding hydrogens is 232 g/mol. The minimum atomic E-state index is -0.274. The van der Waals surface area contributed by atoms with Gasteiger partial charge in [-0.05, 0) is 47.5 Å². The number of hydrogen-bond donors (Lipinski definition) is 1. The maximum atomic E-state index is 9.93. The average Bonchev–Trinajstić information content (AvgIpc) is 2.12. The quantitative estimate of drug-likeness (QED) is 0.618. The first-order chi connectivity index (χ1) is 8.19. The molecule has 1 aliphatic rings. The van der Waals surface area contributed by atoms with Gasteiger partial charge in [0.15, 0.2) is 0 Å². The van der Waals surface area contributed by atoms with E-state index in [9.17, 15) is 5.11 Å². The molecule has 0 spiro atoms. The number of aliphatic hydroxyl groups excluding tert-OH is 1. The van der Waals surface area contributed by atoms with Gasteiger partial charge in [-0.15, -0.1) is 0 Å². The van der Waals surface area contributed by atoms with E-state index in [1.54, 1.807) is 0 Å². The smallest absolute Gasteiger partial charge is 0.110 e. The largest absolute Gasteiger partial charge is 0.399 e. The van der Waals surface area contributed by atoms with Gasteiger partial charge >= 0.3 is 0 Å². The first kappa shape index (κ1) is 15.4. The van der Waals surface area contributed by atoms with Crippen molar-refractivity contribution in [1.82, 2.24) is 5.06 Å². The molecule has 0 atom stereocenters. The lowest BCUT2D eigenvalue weighted by atomic mass is 9.80. The Bertz CT molecular complexity index is 295. The molecule has 1 aliphatic heterocycles. The van der Waals surface area contributed by atoms with Crippen LogP contribution in [0.5, 0.6) is 0 Å². The molecule has 1 fully saturated rings. The number of aliphatic hydroxyl groups is 1. The summed E-state index contributed by atoms with van der Waals surface area (Å²) in [5.74, 6) is 0. The fourth-order valence-electron chi connectivity index (χ4n) is 2.90. The van der Waals surface area contributed by atoms with Crippen LogP contribution in [0, 0.1) is 0 Å². The zero-order chi connectivity index (χ0) is 14.0. The van der Waals surface area contributed by atoms with Gasteiger partial charge in [0.2, 0.25) is 0 Å². The Morgan fingerprint density at radius 3 is 2.22 bits per heavy atom. The van der Waals surface area contributed by atoms with Crippen LogP contribution in [0.15, 0.2) is 5.16 Å². The molecule has 0 aliphatic carbocycles. The SMILES string of the molecule is CO/N=C(/C)CON1C(C)(C)CC(O)CC1(C)C. The van der Waals surface area contributed by atoms with Gasteiger partial charge in [0.25, 0.3) is 0 Å². The molecule has 0 aromatic rings. The highest BCUT2D eigenvalue weighted by Gasteiger charge is 2.46. The summed E-state index contributed by atoms with van der Waals surface area (Å²) in [4.78, 5) is 10.6. The molecule has 0 aromatic heterocycles. The van der Waals surface area contributed by atoms with Gasteiger partial charge in [-0.2, -0.15) is 5.06 Å². The van der Waals surface area contributed by atoms with Gasteiger partial charge in [-0.25, -0.2) is 0 Å². The average molecular weight is 258 g/mol. The Labute approximate surface area is 110 Å². The highest BCUT2D eigenvalue weighted by atomic mass is 16.7. The third kappa shape index (κ3) is 3.67. The summed E-state index contributed by atoms with van der Waals surface area (Å²) in [7, 11) is 1.52. The fourth-order valence-corrected chi connectivity index (χ4v) is 2.90. The Balaban J connectivity index is 2.74. The van der Waals surface area contributed by atoms with Crippen LogP contribution < -0.4 is 0 Å². The lowest BCUT2D eigenvalue weighted by molar-refractivity contribution is -0.284. The van der Waals surface area contributed by atoms with E-state index in [0.29, 0.717) is 19.4 Å². The summed E-state index contributed by atoms with van der Waals surface area (Å²) in [6.45, 7) is 10.6. The number of nitrogens with zero attached hydrogens (tertiary/aromatic N) is 2. The third-order valence-corrected chi connectivity index (χ3v) is 3.22. The lowest BCUT2D eigenvalue weighted by Gasteiger charge is -2.52. The highest BCUT2D eigenvalue weighted by Crippen LogP contribution is 2.38. The van der Waals surface area contributed by atoms with Crippen molar-refractivity contribution in [2.45, 2.75) is 64.6 Å². The minimum absolute atomic E-state index is 0.200. The third-order valence-electron chi connectivity index (χ3n) is 3.22. The fraction of sp³-hybridized carbons (Fsp3) is 0.923. The molecule has 0 radical (unpaired) electrons. The second-order valence-electron chi connectivity index (χ2n) is 6.26. The summed E-state index contributed by atoms with van der Waals surface area (Å²) in [5.41, 5.74) is 0.387. The lowest BCUT2D eigenvalue weighted by Crippen LogP contribution is -2.61. The van der Waals surface area contributed by atoms with E-state index in [2.05, 4.69) is 32.9 Å². The number of piperidine rings is 1. The van der Waals surface area contributed by atoms with Crippen LogP contribution in [0.4, 0.5) is 0 Å². The van der Waals surface area contributed by atoms with Gasteiger partial charge in [0.1, 0.15) is 13.7 Å². The van der Waals surface area contributed by atoms with Crippen molar-refractivity contribution < 1.29 is 14.8 Å². The number of hydroxylamine groups is 2. The Kier molecular flexibility index (Phi) is 4.75. The summed E-state index contributed by atoms with van der Waals surface area (Å²) in [5, 5.41) is 15.8. The standard InChI is InChI=1S/C13H26N2O3/c1-10(14-17-6)9-18-15-12(2,3)7-11(16)8-13(15,4)5/h11,16H,7-9H2,1-6H3/b14-10-. The van der Waals surface area contributed by atoms with E-state index < -0.39 is 0 Å². The number of rotatable bonds is 4. The molecule has 1 N–H and O–H groups in total. The first-order valence-corrected chi connectivity index (χ1v) is 6.37. The van der Waals surface area contributed by atoms with Crippen LogP contribution in [0.3, 0.4) is 0 Å². The van der Waals surface area contributed by atoms with Gasteiger partial charge in [0.05, 0.1) is 11.8 Å². The van der Waals surface area contributed by atoms with Crippen LogP contribution in [0.25, 0.3) is 0 Å². The summed E-state index contributed by atoms with van der Waals surface area (Å²) < 4.78 is 0. The van der Waals surface area contributed by atoms with Crippen LogP contribution in [-0.4, -0.2) is 46.8 Å². The van der Waals surface area contributed by atoms with E-state index >= 15 is 0 Å². The molecule has 18 heavy (non-hydrogen) atoms. The molecule has 1 heterocycles. The number of hydrogen-bond acceptors (Lipinski definition) is 5. The van der Waals surface area contributed by atoms with Gasteiger partial charge in [-0.1, -0.05) is 5.16 Å². The van der Waals surface area contributed by atoms with Crippen molar-refractivity contribution in [2.75, 3.05) is 13.7 Å². The molecule has 1 rings (SSSR count). The molecule has 0 unspecified atom stereocenters. The maximum Gasteiger partial charge on any atom is 0.110 e. The molecule has 5 heteroatoms. The molecule has 0 amide bonds. The predicted octanol–water partition coefficient (Wildman–Crippen LogP) is 1.95. The Morgan fingerprint density at radius 1 is 1.28 bits per heavy atom. The second kappa shape index (κ2) is 5.55. The summed E-state index contributed by atoms with van der Waals surface area (Å²) >= 11 is 0. The topological polar surface area (TPSA) is 54.3 Å². The van der Waals surface area contributed by atoms with E-state index in [1.807, 2.05) is 12.0 Å². The predicted molar refractivity (Wildman–Crippen MR) is 71.3 cm³/mol. The molecule has 106 valence electrons. The Hall–Kier alpha value is -0.650. The van der Waals surface area contributed by atoms with E-state index in [-0.39, 0.29) is 17.2 Å². The molecule has 0 saturated carbocycles. The number of oxime groups is 1. The summed E-state index contributed by atoms with van der Waals surface area (Å²) in [6.07, 6.45) is 1.14. The molecule has 5 nitrogen and oxygen atoms in total. The van der Waals surface area contributed by atoms with Gasteiger partial charge in [-0.3, -0.25) is 4.84 Å². The second-order valence-corrected chi connectivity index (χ2v) is 6.26. The zero-order valence-electron chi connectivity index (χ0n) is 12.4. The zero-order valence-corrected chi connectivity index (χ0v) is 12.4. The van der Waals surface area contributed by atoms with Crippen molar-refractivity contribution in [3.05, 3.63) is 0 Å². The molecule has 1 saturated heterocycles. The van der Waals surface area contributed by atoms with Gasteiger partial charge in [0, 0.05) is 11.1 Å². The molecule has 0 aromatic carbocycles. The van der Waals surface area contributed by atoms with E-state index in [4.69, 9.17) is 9.68 Å². The summed E-state index contributed by atoms with van der Waals surface area (Å²) in [6, 6.07) is 0. The van der Waals surface area contributed by atoms with Gasteiger partial charge < -0.3 is 9.94 Å². The molecule has 0 bridgehead atoms. The highest BCUT2D eigenvalue weighted by molar-refractivity contribution is 5.82. The van der Waals surface area contributed by atoms with Crippen molar-refractivity contribution >= 4 is 5.71 Å². The van der Waals surface area contributed by atoms with Crippen molar-refractivity contribution in [2.24, 2.45) is 5.16 Å². The van der Waals surface area contributed by atoms with E-state index in [0.717, 1.165) is 5.71 Å². The van der Waals surface area contributed by atoms with E-state index in [1.165, 1.54) is 7.11 Å². The monoisotopic (exact) mass is 258 g/mol. The van der Waals surface area contributed by atoms with Crippen LogP contribution in [0.1, 0.15) is 47.5 Å². The minimum Gasteiger partial charge on any atom is -0.399 e. The maximum absolute atomic E-state index is 9.93. The van der Waals surface area contributed by atoms with Crippen molar-refractivity contribution in [3.8, 4) is 0 Å². The van der Waals surface area contributed by atoms with Crippen LogP contribution in [-0.2, 0) is 9.68 Å². The normalized spacial score (nSPS) is 25.2. The first-order valence-electron chi connectivity index (χ1n) is 6.37.